The Morgan fingerprint density at radius 2 is 2.50 bits per heavy atom. The van der Waals surface area contributed by atoms with Crippen LogP contribution in [0.1, 0.15) is 28.9 Å². The van der Waals surface area contributed by atoms with E-state index in [1.165, 1.54) is 7.11 Å². The van der Waals surface area contributed by atoms with Crippen LogP contribution in [0, 0.1) is 0 Å². The zero-order chi connectivity index (χ0) is 13.0. The molecule has 0 bridgehead atoms. The first-order chi connectivity index (χ1) is 8.70. The molecule has 0 radical (unpaired) electrons. The number of aliphatic hydroxyl groups excluding tert-OH is 1. The predicted molar refractivity (Wildman–Crippen MR) is 66.1 cm³/mol. The van der Waals surface area contributed by atoms with Crippen LogP contribution < -0.4 is 0 Å². The number of nitrogens with zero attached hydrogens (tertiary/aromatic N) is 2. The highest BCUT2D eigenvalue weighted by Crippen LogP contribution is 2.15. The van der Waals surface area contributed by atoms with E-state index < -0.39 is 0 Å². The molecule has 1 N–H and O–H groups in total. The van der Waals surface area contributed by atoms with Gasteiger partial charge in [0.05, 0.1) is 24.5 Å². The van der Waals surface area contributed by atoms with Crippen LogP contribution in [0.15, 0.2) is 18.3 Å². The van der Waals surface area contributed by atoms with Gasteiger partial charge in [-0.25, -0.2) is 4.79 Å². The molecule has 0 aliphatic carbocycles. The lowest BCUT2D eigenvalue weighted by atomic mass is 10.1. The van der Waals surface area contributed by atoms with Crippen LogP contribution in [0.3, 0.4) is 0 Å². The van der Waals surface area contributed by atoms with E-state index >= 15 is 0 Å². The summed E-state index contributed by atoms with van der Waals surface area (Å²) in [6.07, 6.45) is 3.22. The van der Waals surface area contributed by atoms with E-state index in [1.807, 2.05) is 0 Å². The van der Waals surface area contributed by atoms with Gasteiger partial charge in [0.15, 0.2) is 0 Å². The fourth-order valence-corrected chi connectivity index (χ4v) is 2.25. The number of piperidine rings is 1. The molecule has 1 saturated heterocycles. The molecule has 1 aromatic rings. The molecular formula is C13H18N2O3. The fraction of sp³-hybridized carbons (Fsp3) is 0.538. The molecule has 0 amide bonds. The number of methoxy groups -OCH3 is 1. The molecule has 2 heterocycles. The first-order valence-corrected chi connectivity index (χ1v) is 6.13. The minimum absolute atomic E-state index is 0.274. The summed E-state index contributed by atoms with van der Waals surface area (Å²) < 4.78 is 4.74. The van der Waals surface area contributed by atoms with Crippen molar-refractivity contribution >= 4 is 5.97 Å². The molecule has 1 aromatic heterocycles. The monoisotopic (exact) mass is 250 g/mol. The first kappa shape index (κ1) is 13.0. The number of hydrogen-bond acceptors (Lipinski definition) is 5. The standard InChI is InChI=1S/C13H18N2O3/c1-18-13(17)11-5-2-6-14-12(11)9-15-7-3-4-10(16)8-15/h2,5-6,10,16H,3-4,7-9H2,1H3. The van der Waals surface area contributed by atoms with E-state index in [-0.39, 0.29) is 12.1 Å². The third kappa shape index (κ3) is 3.05. The highest BCUT2D eigenvalue weighted by atomic mass is 16.5. The number of likely N-dealkylation sites (tertiary alicyclic amines) is 1. The molecular weight excluding hydrogens is 232 g/mol. The Morgan fingerprint density at radius 3 is 3.22 bits per heavy atom. The van der Waals surface area contributed by atoms with Gasteiger partial charge in [0.2, 0.25) is 0 Å². The summed E-state index contributed by atoms with van der Waals surface area (Å²) in [5, 5.41) is 9.63. The maximum Gasteiger partial charge on any atom is 0.339 e. The number of aromatic nitrogens is 1. The Hall–Kier alpha value is -1.46. The highest BCUT2D eigenvalue weighted by Gasteiger charge is 2.20. The van der Waals surface area contributed by atoms with Gasteiger partial charge >= 0.3 is 5.97 Å². The van der Waals surface area contributed by atoms with Crippen molar-refractivity contribution in [1.29, 1.82) is 0 Å². The van der Waals surface area contributed by atoms with Crippen LogP contribution in [0.4, 0.5) is 0 Å². The molecule has 98 valence electrons. The number of esters is 1. The molecule has 1 fully saturated rings. The summed E-state index contributed by atoms with van der Waals surface area (Å²) in [5.41, 5.74) is 1.21. The summed E-state index contributed by atoms with van der Waals surface area (Å²) >= 11 is 0. The minimum atomic E-state index is -0.365. The number of ether oxygens (including phenoxy) is 1. The zero-order valence-electron chi connectivity index (χ0n) is 10.5. The number of carbonyl (C=O) groups excluding carboxylic acids is 1. The van der Waals surface area contributed by atoms with E-state index in [0.717, 1.165) is 19.4 Å². The van der Waals surface area contributed by atoms with Gasteiger partial charge in [-0.3, -0.25) is 9.88 Å². The topological polar surface area (TPSA) is 62.7 Å². The van der Waals surface area contributed by atoms with Gasteiger partial charge in [-0.2, -0.15) is 0 Å². The molecule has 1 aliphatic rings. The molecule has 1 atom stereocenters. The summed E-state index contributed by atoms with van der Waals surface area (Å²) in [6.45, 7) is 2.13. The smallest absolute Gasteiger partial charge is 0.339 e. The number of pyridine rings is 1. The van der Waals surface area contributed by atoms with Crippen LogP contribution >= 0.6 is 0 Å². The van der Waals surface area contributed by atoms with Gasteiger partial charge in [-0.05, 0) is 31.5 Å². The van der Waals surface area contributed by atoms with Gasteiger partial charge < -0.3 is 9.84 Å². The third-order valence-electron chi connectivity index (χ3n) is 3.15. The molecule has 2 rings (SSSR count). The molecule has 1 aliphatic heterocycles. The largest absolute Gasteiger partial charge is 0.465 e. The summed E-state index contributed by atoms with van der Waals surface area (Å²) in [6, 6.07) is 3.44. The second-order valence-electron chi connectivity index (χ2n) is 4.52. The van der Waals surface area contributed by atoms with Crippen molar-refractivity contribution in [2.45, 2.75) is 25.5 Å². The summed E-state index contributed by atoms with van der Waals surface area (Å²) in [5.74, 6) is -0.365. The van der Waals surface area contributed by atoms with E-state index in [1.54, 1.807) is 18.3 Å². The zero-order valence-corrected chi connectivity index (χ0v) is 10.5. The third-order valence-corrected chi connectivity index (χ3v) is 3.15. The number of aliphatic hydroxyl groups is 1. The normalized spacial score (nSPS) is 20.7. The number of carbonyl (C=O) groups is 1. The van der Waals surface area contributed by atoms with E-state index in [4.69, 9.17) is 4.74 Å². The Kier molecular flexibility index (Phi) is 4.28. The highest BCUT2D eigenvalue weighted by molar-refractivity contribution is 5.90. The minimum Gasteiger partial charge on any atom is -0.465 e. The fourth-order valence-electron chi connectivity index (χ4n) is 2.25. The van der Waals surface area contributed by atoms with Crippen molar-refractivity contribution in [3.63, 3.8) is 0 Å². The van der Waals surface area contributed by atoms with Crippen LogP contribution in [0.25, 0.3) is 0 Å². The lowest BCUT2D eigenvalue weighted by Gasteiger charge is -2.29. The molecule has 0 aromatic carbocycles. The molecule has 5 heteroatoms. The quantitative estimate of drug-likeness (QED) is 0.805. The van der Waals surface area contributed by atoms with Gasteiger partial charge in [-0.15, -0.1) is 0 Å². The van der Waals surface area contributed by atoms with Crippen LogP contribution in [-0.4, -0.2) is 47.3 Å². The van der Waals surface area contributed by atoms with E-state index in [9.17, 15) is 9.90 Å². The Morgan fingerprint density at radius 1 is 1.67 bits per heavy atom. The average Bonchev–Trinajstić information content (AvgIpc) is 2.38. The second kappa shape index (κ2) is 5.93. The Balaban J connectivity index is 2.10. The summed E-state index contributed by atoms with van der Waals surface area (Å²) in [7, 11) is 1.36. The maximum atomic E-state index is 11.6. The van der Waals surface area contributed by atoms with Crippen molar-refractivity contribution in [1.82, 2.24) is 9.88 Å². The average molecular weight is 250 g/mol. The molecule has 18 heavy (non-hydrogen) atoms. The number of hydrogen-bond donors (Lipinski definition) is 1. The van der Waals surface area contributed by atoms with E-state index in [2.05, 4.69) is 9.88 Å². The maximum absolute atomic E-state index is 11.6. The van der Waals surface area contributed by atoms with E-state index in [0.29, 0.717) is 24.3 Å². The van der Waals surface area contributed by atoms with Crippen molar-refractivity contribution < 1.29 is 14.6 Å². The Bertz CT molecular complexity index is 422. The lowest BCUT2D eigenvalue weighted by molar-refractivity contribution is 0.0584. The second-order valence-corrected chi connectivity index (χ2v) is 4.52. The van der Waals surface area contributed by atoms with Gasteiger partial charge in [-0.1, -0.05) is 0 Å². The van der Waals surface area contributed by atoms with Gasteiger partial charge in [0.1, 0.15) is 0 Å². The van der Waals surface area contributed by atoms with Crippen molar-refractivity contribution in [3.8, 4) is 0 Å². The van der Waals surface area contributed by atoms with Crippen LogP contribution in [0.2, 0.25) is 0 Å². The number of β-amino-alcohol motifs (C(OH)–C–C–N with tert-alkyl or cyclic N) is 1. The van der Waals surface area contributed by atoms with Crippen molar-refractivity contribution in [3.05, 3.63) is 29.6 Å². The van der Waals surface area contributed by atoms with Crippen LogP contribution in [0.5, 0.6) is 0 Å². The predicted octanol–water partition coefficient (Wildman–Crippen LogP) is 0.825. The molecule has 1 unspecified atom stereocenters. The number of rotatable bonds is 3. The molecule has 0 spiro atoms. The first-order valence-electron chi connectivity index (χ1n) is 6.13. The SMILES string of the molecule is COC(=O)c1cccnc1CN1CCCC(O)C1. The molecule has 5 nitrogen and oxygen atoms in total. The molecule has 0 saturated carbocycles. The van der Waals surface area contributed by atoms with Crippen molar-refractivity contribution in [2.75, 3.05) is 20.2 Å². The lowest BCUT2D eigenvalue weighted by Crippen LogP contribution is -2.38. The van der Waals surface area contributed by atoms with Crippen molar-refractivity contribution in [2.24, 2.45) is 0 Å². The van der Waals surface area contributed by atoms with Gasteiger partial charge in [0, 0.05) is 19.3 Å². The van der Waals surface area contributed by atoms with Crippen LogP contribution in [-0.2, 0) is 11.3 Å². The van der Waals surface area contributed by atoms with Gasteiger partial charge in [0.25, 0.3) is 0 Å². The Labute approximate surface area is 106 Å². The summed E-state index contributed by atoms with van der Waals surface area (Å²) in [4.78, 5) is 18.0.